The molecule has 4 aromatic rings. The van der Waals surface area contributed by atoms with E-state index < -0.39 is 0 Å². The number of hydrogen-bond donors (Lipinski definition) is 1. The average Bonchev–Trinajstić information content (AvgIpc) is 3.25. The van der Waals surface area contributed by atoms with E-state index in [0.717, 1.165) is 33.7 Å². The average molecular weight is 388 g/mol. The Labute approximate surface area is 169 Å². The molecule has 0 aliphatic carbocycles. The highest BCUT2D eigenvalue weighted by Crippen LogP contribution is 2.28. The predicted molar refractivity (Wildman–Crippen MR) is 112 cm³/mol. The molecule has 0 bridgehead atoms. The van der Waals surface area contributed by atoms with Crippen molar-refractivity contribution in [2.45, 2.75) is 32.7 Å². The lowest BCUT2D eigenvalue weighted by Gasteiger charge is -2.21. The van der Waals surface area contributed by atoms with E-state index in [4.69, 9.17) is 9.51 Å². The zero-order valence-electron chi connectivity index (χ0n) is 17.0. The fourth-order valence-corrected chi connectivity index (χ4v) is 3.87. The summed E-state index contributed by atoms with van der Waals surface area (Å²) in [6.07, 6.45) is 0. The minimum absolute atomic E-state index is 0.0969. The molecule has 0 radical (unpaired) electrons. The third-order valence-corrected chi connectivity index (χ3v) is 5.41. The van der Waals surface area contributed by atoms with Gasteiger partial charge in [-0.15, -0.1) is 0 Å². The van der Waals surface area contributed by atoms with E-state index in [0.29, 0.717) is 5.76 Å². The lowest BCUT2D eigenvalue weighted by Crippen LogP contribution is -2.34. The van der Waals surface area contributed by atoms with Gasteiger partial charge in [-0.1, -0.05) is 47.6 Å². The van der Waals surface area contributed by atoms with E-state index in [1.54, 1.807) is 0 Å². The van der Waals surface area contributed by atoms with Crippen molar-refractivity contribution in [3.63, 3.8) is 0 Å². The third-order valence-electron chi connectivity index (χ3n) is 5.41. The standard InChI is InChI=1S/C23H24N4O2/c1-14(20-15(2)26-29-16(20)3)23(28)25-21(17-10-6-5-7-11-17)22-24-18-12-8-9-13-19(18)27(22)4/h5-14,21H,1-4H3,(H,25,28)/t14-,21-/m0/s1. The minimum Gasteiger partial charge on any atom is -0.361 e. The number of carbonyl (C=O) groups is 1. The number of para-hydroxylation sites is 2. The number of benzene rings is 2. The van der Waals surface area contributed by atoms with Crippen molar-refractivity contribution in [1.82, 2.24) is 20.0 Å². The summed E-state index contributed by atoms with van der Waals surface area (Å²) in [6, 6.07) is 17.5. The van der Waals surface area contributed by atoms with Crippen molar-refractivity contribution >= 4 is 16.9 Å². The van der Waals surface area contributed by atoms with Crippen LogP contribution in [0.3, 0.4) is 0 Å². The maximum Gasteiger partial charge on any atom is 0.228 e. The van der Waals surface area contributed by atoms with E-state index in [1.165, 1.54) is 0 Å². The van der Waals surface area contributed by atoms with Gasteiger partial charge in [0.2, 0.25) is 5.91 Å². The highest BCUT2D eigenvalue weighted by atomic mass is 16.5. The molecule has 1 N–H and O–H groups in total. The lowest BCUT2D eigenvalue weighted by atomic mass is 9.97. The number of imidazole rings is 1. The Bertz CT molecular complexity index is 1140. The van der Waals surface area contributed by atoms with E-state index in [2.05, 4.69) is 10.5 Å². The molecule has 2 aromatic heterocycles. The van der Waals surface area contributed by atoms with Crippen molar-refractivity contribution in [2.75, 3.05) is 0 Å². The van der Waals surface area contributed by atoms with Crippen LogP contribution in [0.5, 0.6) is 0 Å². The van der Waals surface area contributed by atoms with Crippen molar-refractivity contribution in [2.24, 2.45) is 7.05 Å². The zero-order valence-corrected chi connectivity index (χ0v) is 17.0. The molecule has 6 nitrogen and oxygen atoms in total. The molecule has 0 saturated heterocycles. The fourth-order valence-electron chi connectivity index (χ4n) is 3.87. The Morgan fingerprint density at radius 3 is 2.41 bits per heavy atom. The molecule has 2 atom stereocenters. The molecule has 148 valence electrons. The number of nitrogens with one attached hydrogen (secondary N) is 1. The van der Waals surface area contributed by atoms with Crippen LogP contribution >= 0.6 is 0 Å². The number of aromatic nitrogens is 3. The Hall–Kier alpha value is -3.41. The summed E-state index contributed by atoms with van der Waals surface area (Å²) >= 11 is 0. The van der Waals surface area contributed by atoms with Crippen LogP contribution in [0.4, 0.5) is 0 Å². The SMILES string of the molecule is Cc1noc(C)c1[C@H](C)C(=O)N[C@@H](c1ccccc1)c1nc2ccccc2n1C. The zero-order chi connectivity index (χ0) is 20.5. The fraction of sp³-hybridized carbons (Fsp3) is 0.261. The number of hydrogen-bond acceptors (Lipinski definition) is 4. The summed E-state index contributed by atoms with van der Waals surface area (Å²) in [4.78, 5) is 18.0. The first-order valence-corrected chi connectivity index (χ1v) is 9.66. The summed E-state index contributed by atoms with van der Waals surface area (Å²) in [5, 5.41) is 7.19. The largest absolute Gasteiger partial charge is 0.361 e. The second-order valence-electron chi connectivity index (χ2n) is 7.33. The van der Waals surface area contributed by atoms with Crippen molar-refractivity contribution in [3.05, 3.63) is 83.0 Å². The molecule has 0 fully saturated rings. The normalized spacial score (nSPS) is 13.4. The van der Waals surface area contributed by atoms with Crippen LogP contribution in [0.25, 0.3) is 11.0 Å². The van der Waals surface area contributed by atoms with Gasteiger partial charge in [0.05, 0.1) is 22.6 Å². The first-order chi connectivity index (χ1) is 14.0. The second-order valence-corrected chi connectivity index (χ2v) is 7.33. The Morgan fingerprint density at radius 1 is 1.07 bits per heavy atom. The quantitative estimate of drug-likeness (QED) is 0.556. The highest BCUT2D eigenvalue weighted by Gasteiger charge is 2.28. The number of amides is 1. The van der Waals surface area contributed by atoms with Crippen LogP contribution in [0.15, 0.2) is 59.1 Å². The maximum atomic E-state index is 13.2. The molecule has 0 aliphatic heterocycles. The predicted octanol–water partition coefficient (Wildman–Crippen LogP) is 4.19. The number of rotatable bonds is 5. The Kier molecular flexibility index (Phi) is 4.92. The van der Waals surface area contributed by atoms with Gasteiger partial charge in [0.1, 0.15) is 17.6 Å². The van der Waals surface area contributed by atoms with Gasteiger partial charge in [0, 0.05) is 12.6 Å². The molecule has 0 saturated carbocycles. The van der Waals surface area contributed by atoms with E-state index in [-0.39, 0.29) is 17.9 Å². The van der Waals surface area contributed by atoms with Gasteiger partial charge in [0.25, 0.3) is 0 Å². The van der Waals surface area contributed by atoms with Crippen LogP contribution in [0, 0.1) is 13.8 Å². The van der Waals surface area contributed by atoms with Crippen LogP contribution in [-0.4, -0.2) is 20.6 Å². The molecule has 2 heterocycles. The Balaban J connectivity index is 1.74. The van der Waals surface area contributed by atoms with Crippen LogP contribution < -0.4 is 5.32 Å². The first kappa shape index (κ1) is 18.9. The molecule has 29 heavy (non-hydrogen) atoms. The molecule has 0 aliphatic rings. The minimum atomic E-state index is -0.387. The molecule has 6 heteroatoms. The summed E-state index contributed by atoms with van der Waals surface area (Å²) in [6.45, 7) is 5.56. The van der Waals surface area contributed by atoms with Gasteiger partial charge in [0.15, 0.2) is 0 Å². The van der Waals surface area contributed by atoms with E-state index in [1.807, 2.05) is 87.0 Å². The summed E-state index contributed by atoms with van der Waals surface area (Å²) in [5.41, 5.74) is 4.48. The van der Waals surface area contributed by atoms with Gasteiger partial charge in [-0.25, -0.2) is 4.98 Å². The summed E-state index contributed by atoms with van der Waals surface area (Å²) in [7, 11) is 1.98. The van der Waals surface area contributed by atoms with Crippen molar-refractivity contribution < 1.29 is 9.32 Å². The number of aryl methyl sites for hydroxylation is 3. The van der Waals surface area contributed by atoms with Gasteiger partial charge in [-0.05, 0) is 38.5 Å². The van der Waals surface area contributed by atoms with Gasteiger partial charge in [-0.2, -0.15) is 0 Å². The molecular weight excluding hydrogens is 364 g/mol. The number of carbonyl (C=O) groups excluding carboxylic acids is 1. The lowest BCUT2D eigenvalue weighted by molar-refractivity contribution is -0.122. The van der Waals surface area contributed by atoms with Crippen LogP contribution in [0.1, 0.15) is 47.3 Å². The molecule has 0 spiro atoms. The van der Waals surface area contributed by atoms with Gasteiger partial charge in [-0.3, -0.25) is 4.79 Å². The molecule has 2 aromatic carbocycles. The maximum absolute atomic E-state index is 13.2. The molecular formula is C23H24N4O2. The van der Waals surface area contributed by atoms with Crippen molar-refractivity contribution in [1.29, 1.82) is 0 Å². The van der Waals surface area contributed by atoms with E-state index in [9.17, 15) is 4.79 Å². The topological polar surface area (TPSA) is 73.0 Å². The van der Waals surface area contributed by atoms with Crippen molar-refractivity contribution in [3.8, 4) is 0 Å². The summed E-state index contributed by atoms with van der Waals surface area (Å²) in [5.74, 6) is 0.975. The second kappa shape index (κ2) is 7.54. The third kappa shape index (κ3) is 3.42. The molecule has 4 rings (SSSR count). The van der Waals surface area contributed by atoms with Gasteiger partial charge >= 0.3 is 0 Å². The monoisotopic (exact) mass is 388 g/mol. The van der Waals surface area contributed by atoms with Crippen LogP contribution in [0.2, 0.25) is 0 Å². The first-order valence-electron chi connectivity index (χ1n) is 9.66. The number of fused-ring (bicyclic) bond motifs is 1. The molecule has 1 amide bonds. The summed E-state index contributed by atoms with van der Waals surface area (Å²) < 4.78 is 7.29. The van der Waals surface area contributed by atoms with E-state index >= 15 is 0 Å². The smallest absolute Gasteiger partial charge is 0.228 e. The highest BCUT2D eigenvalue weighted by molar-refractivity contribution is 5.84. The van der Waals surface area contributed by atoms with Gasteiger partial charge < -0.3 is 14.4 Å². The number of nitrogens with zero attached hydrogens (tertiary/aromatic N) is 3. The Morgan fingerprint density at radius 2 is 1.76 bits per heavy atom. The van der Waals surface area contributed by atoms with Crippen LogP contribution in [-0.2, 0) is 11.8 Å². The molecule has 0 unspecified atom stereocenters.